The third-order valence-electron chi connectivity index (χ3n) is 3.12. The molecule has 7 heteroatoms. The summed E-state index contributed by atoms with van der Waals surface area (Å²) in [5.74, 6) is 0.500. The van der Waals surface area contributed by atoms with E-state index in [9.17, 15) is 10.1 Å². The molecule has 1 N–H and O–H groups in total. The van der Waals surface area contributed by atoms with Crippen LogP contribution in [0.25, 0.3) is 0 Å². The van der Waals surface area contributed by atoms with Gasteiger partial charge < -0.3 is 5.32 Å². The SMILES string of the molecule is CCCn1nc(C)c([N+](=O)[O-])c1NCc1cscc1C. The van der Waals surface area contributed by atoms with Gasteiger partial charge in [-0.3, -0.25) is 10.1 Å². The molecular weight excluding hydrogens is 276 g/mol. The van der Waals surface area contributed by atoms with Crippen LogP contribution in [0, 0.1) is 24.0 Å². The van der Waals surface area contributed by atoms with Gasteiger partial charge in [0.05, 0.1) is 4.92 Å². The predicted molar refractivity (Wildman–Crippen MR) is 80.3 cm³/mol. The summed E-state index contributed by atoms with van der Waals surface area (Å²) >= 11 is 1.64. The third-order valence-corrected chi connectivity index (χ3v) is 4.03. The van der Waals surface area contributed by atoms with Crippen LogP contribution in [-0.2, 0) is 13.1 Å². The monoisotopic (exact) mass is 294 g/mol. The van der Waals surface area contributed by atoms with Gasteiger partial charge in [0.15, 0.2) is 0 Å². The predicted octanol–water partition coefficient (Wildman–Crippen LogP) is 3.49. The maximum Gasteiger partial charge on any atom is 0.333 e. The van der Waals surface area contributed by atoms with Crippen molar-refractivity contribution in [1.29, 1.82) is 0 Å². The second-order valence-corrected chi connectivity index (χ2v) is 5.44. The second kappa shape index (κ2) is 6.04. The number of rotatable bonds is 6. The van der Waals surface area contributed by atoms with E-state index in [-0.39, 0.29) is 10.6 Å². The molecule has 0 aliphatic heterocycles. The molecule has 0 amide bonds. The van der Waals surface area contributed by atoms with Crippen molar-refractivity contribution in [3.05, 3.63) is 37.7 Å². The minimum absolute atomic E-state index is 0.0753. The topological polar surface area (TPSA) is 73.0 Å². The molecule has 0 bridgehead atoms. The lowest BCUT2D eigenvalue weighted by atomic mass is 10.2. The normalized spacial score (nSPS) is 10.8. The van der Waals surface area contributed by atoms with E-state index < -0.39 is 0 Å². The number of aryl methyl sites for hydroxylation is 3. The molecule has 0 fully saturated rings. The summed E-state index contributed by atoms with van der Waals surface area (Å²) in [5.41, 5.74) is 2.88. The smallest absolute Gasteiger partial charge is 0.333 e. The van der Waals surface area contributed by atoms with Gasteiger partial charge in [0.1, 0.15) is 5.69 Å². The van der Waals surface area contributed by atoms with Gasteiger partial charge in [-0.15, -0.1) is 0 Å². The Labute approximate surface area is 121 Å². The average molecular weight is 294 g/mol. The van der Waals surface area contributed by atoms with Gasteiger partial charge in [0, 0.05) is 13.1 Å². The maximum absolute atomic E-state index is 11.2. The molecule has 0 aromatic carbocycles. The number of anilines is 1. The van der Waals surface area contributed by atoms with E-state index in [4.69, 9.17) is 0 Å². The van der Waals surface area contributed by atoms with Crippen molar-refractivity contribution < 1.29 is 4.92 Å². The molecule has 0 radical (unpaired) electrons. The fourth-order valence-electron chi connectivity index (χ4n) is 2.09. The highest BCUT2D eigenvalue weighted by Crippen LogP contribution is 2.29. The van der Waals surface area contributed by atoms with Gasteiger partial charge in [-0.25, -0.2) is 4.68 Å². The number of nitrogens with one attached hydrogen (secondary N) is 1. The van der Waals surface area contributed by atoms with Gasteiger partial charge in [0.25, 0.3) is 0 Å². The van der Waals surface area contributed by atoms with Crippen LogP contribution in [0.5, 0.6) is 0 Å². The van der Waals surface area contributed by atoms with Crippen LogP contribution in [0.2, 0.25) is 0 Å². The summed E-state index contributed by atoms with van der Waals surface area (Å²) < 4.78 is 1.69. The molecule has 0 saturated carbocycles. The summed E-state index contributed by atoms with van der Waals surface area (Å²) in [4.78, 5) is 10.8. The molecule has 108 valence electrons. The van der Waals surface area contributed by atoms with E-state index in [1.54, 1.807) is 22.9 Å². The van der Waals surface area contributed by atoms with Crippen LogP contribution in [0.15, 0.2) is 10.8 Å². The van der Waals surface area contributed by atoms with E-state index >= 15 is 0 Å². The van der Waals surface area contributed by atoms with Gasteiger partial charge in [-0.2, -0.15) is 16.4 Å². The van der Waals surface area contributed by atoms with Crippen molar-refractivity contribution in [2.24, 2.45) is 0 Å². The highest BCUT2D eigenvalue weighted by Gasteiger charge is 2.24. The molecule has 20 heavy (non-hydrogen) atoms. The summed E-state index contributed by atoms with van der Waals surface area (Å²) in [5, 5.41) is 22.8. The van der Waals surface area contributed by atoms with Crippen molar-refractivity contribution in [3.8, 4) is 0 Å². The zero-order valence-electron chi connectivity index (χ0n) is 11.8. The molecule has 2 heterocycles. The van der Waals surface area contributed by atoms with E-state index in [2.05, 4.69) is 21.2 Å². The lowest BCUT2D eigenvalue weighted by Gasteiger charge is -2.08. The van der Waals surface area contributed by atoms with Crippen LogP contribution < -0.4 is 5.32 Å². The van der Waals surface area contributed by atoms with Crippen LogP contribution in [-0.4, -0.2) is 14.7 Å². The molecule has 0 aliphatic rings. The summed E-state index contributed by atoms with van der Waals surface area (Å²) in [7, 11) is 0. The van der Waals surface area contributed by atoms with Crippen LogP contribution >= 0.6 is 11.3 Å². The molecule has 0 unspecified atom stereocenters. The summed E-state index contributed by atoms with van der Waals surface area (Å²) in [6.45, 7) is 6.97. The Kier molecular flexibility index (Phi) is 4.39. The molecule has 6 nitrogen and oxygen atoms in total. The minimum Gasteiger partial charge on any atom is -0.360 e. The highest BCUT2D eigenvalue weighted by atomic mass is 32.1. The van der Waals surface area contributed by atoms with Crippen LogP contribution in [0.3, 0.4) is 0 Å². The van der Waals surface area contributed by atoms with Crippen molar-refractivity contribution in [2.45, 2.75) is 40.3 Å². The van der Waals surface area contributed by atoms with E-state index in [1.807, 2.05) is 13.8 Å². The second-order valence-electron chi connectivity index (χ2n) is 4.70. The number of thiophene rings is 1. The van der Waals surface area contributed by atoms with Gasteiger partial charge in [-0.1, -0.05) is 6.92 Å². The standard InChI is InChI=1S/C13H18N4O2S/c1-4-5-16-13(12(17(18)19)10(3)15-16)14-6-11-8-20-7-9(11)2/h7-8,14H,4-6H2,1-3H3. The molecule has 2 aromatic heterocycles. The van der Waals surface area contributed by atoms with E-state index in [0.29, 0.717) is 24.6 Å². The van der Waals surface area contributed by atoms with Gasteiger partial charge in [-0.05, 0) is 42.2 Å². The highest BCUT2D eigenvalue weighted by molar-refractivity contribution is 7.08. The maximum atomic E-state index is 11.2. The fraction of sp³-hybridized carbons (Fsp3) is 0.462. The first-order valence-corrected chi connectivity index (χ1v) is 7.46. The zero-order chi connectivity index (χ0) is 14.7. The first kappa shape index (κ1) is 14.5. The quantitative estimate of drug-likeness (QED) is 0.653. The number of nitro groups is 1. The average Bonchev–Trinajstić information content (AvgIpc) is 2.91. The Balaban J connectivity index is 2.28. The Morgan fingerprint density at radius 2 is 2.20 bits per heavy atom. The van der Waals surface area contributed by atoms with Crippen molar-refractivity contribution in [3.63, 3.8) is 0 Å². The third kappa shape index (κ3) is 2.82. The number of aromatic nitrogens is 2. The van der Waals surface area contributed by atoms with Gasteiger partial charge >= 0.3 is 5.69 Å². The largest absolute Gasteiger partial charge is 0.360 e. The summed E-state index contributed by atoms with van der Waals surface area (Å²) in [6.07, 6.45) is 0.879. The fourth-order valence-corrected chi connectivity index (χ4v) is 2.94. The molecule has 0 aliphatic carbocycles. The Bertz CT molecular complexity index is 618. The molecular formula is C13H18N4O2S. The molecule has 0 saturated heterocycles. The van der Waals surface area contributed by atoms with Crippen LogP contribution in [0.4, 0.5) is 11.5 Å². The molecule has 2 aromatic rings. The molecule has 0 spiro atoms. The number of hydrogen-bond donors (Lipinski definition) is 1. The van der Waals surface area contributed by atoms with Crippen molar-refractivity contribution in [1.82, 2.24) is 9.78 Å². The van der Waals surface area contributed by atoms with Crippen molar-refractivity contribution >= 4 is 22.8 Å². The Morgan fingerprint density at radius 3 is 2.75 bits per heavy atom. The molecule has 2 rings (SSSR count). The Morgan fingerprint density at radius 1 is 1.45 bits per heavy atom. The first-order valence-electron chi connectivity index (χ1n) is 6.52. The first-order chi connectivity index (χ1) is 9.54. The zero-order valence-corrected chi connectivity index (χ0v) is 12.7. The lowest BCUT2D eigenvalue weighted by molar-refractivity contribution is -0.384. The lowest BCUT2D eigenvalue weighted by Crippen LogP contribution is -2.09. The van der Waals surface area contributed by atoms with E-state index in [0.717, 1.165) is 12.0 Å². The number of nitrogens with zero attached hydrogens (tertiary/aromatic N) is 3. The minimum atomic E-state index is -0.364. The van der Waals surface area contributed by atoms with E-state index in [1.165, 1.54) is 5.56 Å². The number of hydrogen-bond acceptors (Lipinski definition) is 5. The molecule has 0 atom stereocenters. The van der Waals surface area contributed by atoms with Crippen molar-refractivity contribution in [2.75, 3.05) is 5.32 Å². The summed E-state index contributed by atoms with van der Waals surface area (Å²) in [6, 6.07) is 0. The Hall–Kier alpha value is -1.89. The van der Waals surface area contributed by atoms with Crippen LogP contribution in [0.1, 0.15) is 30.2 Å². The van der Waals surface area contributed by atoms with Gasteiger partial charge in [0.2, 0.25) is 5.82 Å².